The van der Waals surface area contributed by atoms with E-state index < -0.39 is 6.09 Å². The normalized spacial score (nSPS) is 9.13. The van der Waals surface area contributed by atoms with Crippen molar-refractivity contribution in [3.05, 3.63) is 31.0 Å². The van der Waals surface area contributed by atoms with Crippen molar-refractivity contribution < 1.29 is 9.53 Å². The van der Waals surface area contributed by atoms with Gasteiger partial charge in [0.1, 0.15) is 6.61 Å². The Bertz CT molecular complexity index is 329. The van der Waals surface area contributed by atoms with E-state index in [0.717, 1.165) is 0 Å². The molecular formula is C8H11N5O2. The summed E-state index contributed by atoms with van der Waals surface area (Å²) < 4.78 is 4.66. The standard InChI is InChI=1S/C8H11N5O2/c1-2-6-15-8(14)13(9)12-7-4-3-5-10-11-7/h2-5H,1,6,9H2,(H,11,12). The van der Waals surface area contributed by atoms with E-state index in [1.54, 1.807) is 12.1 Å². The molecular weight excluding hydrogens is 198 g/mol. The fraction of sp³-hybridized carbons (Fsp3) is 0.125. The summed E-state index contributed by atoms with van der Waals surface area (Å²) in [5.74, 6) is 5.68. The van der Waals surface area contributed by atoms with E-state index in [1.165, 1.54) is 12.3 Å². The Labute approximate surface area is 86.5 Å². The lowest BCUT2D eigenvalue weighted by molar-refractivity contribution is 0.121. The second-order valence-corrected chi connectivity index (χ2v) is 2.46. The van der Waals surface area contributed by atoms with Crippen molar-refractivity contribution in [3.63, 3.8) is 0 Å². The number of nitrogens with zero attached hydrogens (tertiary/aromatic N) is 3. The van der Waals surface area contributed by atoms with Crippen LogP contribution in [-0.4, -0.2) is 28.0 Å². The molecule has 1 amide bonds. The van der Waals surface area contributed by atoms with Crippen LogP contribution in [0.4, 0.5) is 10.6 Å². The summed E-state index contributed by atoms with van der Waals surface area (Å²) in [6.45, 7) is 3.49. The molecule has 1 rings (SSSR count). The monoisotopic (exact) mass is 209 g/mol. The van der Waals surface area contributed by atoms with Gasteiger partial charge in [-0.05, 0) is 12.1 Å². The van der Waals surface area contributed by atoms with Crippen LogP contribution in [0.3, 0.4) is 0 Å². The maximum atomic E-state index is 11.1. The third-order valence-electron chi connectivity index (χ3n) is 1.33. The molecule has 7 heteroatoms. The largest absolute Gasteiger partial charge is 0.444 e. The molecule has 1 aromatic heterocycles. The van der Waals surface area contributed by atoms with Crippen LogP contribution in [0.1, 0.15) is 0 Å². The summed E-state index contributed by atoms with van der Waals surface area (Å²) in [6.07, 6.45) is 2.21. The number of carbonyl (C=O) groups excluding carboxylic acids is 1. The van der Waals surface area contributed by atoms with Crippen LogP contribution in [0.15, 0.2) is 31.0 Å². The van der Waals surface area contributed by atoms with E-state index in [4.69, 9.17) is 5.84 Å². The maximum absolute atomic E-state index is 11.1. The van der Waals surface area contributed by atoms with Gasteiger partial charge in [0.15, 0.2) is 5.82 Å². The summed E-state index contributed by atoms with van der Waals surface area (Å²) in [6, 6.07) is 3.26. The molecule has 0 radical (unpaired) electrons. The molecule has 0 saturated heterocycles. The number of hydrazine groups is 2. The van der Waals surface area contributed by atoms with Crippen molar-refractivity contribution in [2.75, 3.05) is 12.0 Å². The number of anilines is 1. The number of nitrogens with one attached hydrogen (secondary N) is 1. The minimum atomic E-state index is -0.736. The van der Waals surface area contributed by atoms with E-state index in [9.17, 15) is 4.79 Å². The highest BCUT2D eigenvalue weighted by atomic mass is 16.6. The van der Waals surface area contributed by atoms with Gasteiger partial charge >= 0.3 is 6.09 Å². The molecule has 1 heterocycles. The van der Waals surface area contributed by atoms with E-state index in [2.05, 4.69) is 26.9 Å². The highest BCUT2D eigenvalue weighted by molar-refractivity contribution is 5.68. The number of nitrogens with two attached hydrogens (primary N) is 1. The minimum Gasteiger partial charge on any atom is -0.443 e. The molecule has 0 aliphatic heterocycles. The average Bonchev–Trinajstić information content (AvgIpc) is 2.27. The van der Waals surface area contributed by atoms with Crippen LogP contribution in [-0.2, 0) is 4.74 Å². The Hall–Kier alpha value is -2.15. The Morgan fingerprint density at radius 3 is 3.20 bits per heavy atom. The summed E-state index contributed by atoms with van der Waals surface area (Å²) in [5, 5.41) is 7.94. The number of rotatable bonds is 4. The van der Waals surface area contributed by atoms with Crippen molar-refractivity contribution in [1.29, 1.82) is 0 Å². The van der Waals surface area contributed by atoms with Crippen LogP contribution in [0.25, 0.3) is 0 Å². The van der Waals surface area contributed by atoms with E-state index in [-0.39, 0.29) is 6.61 Å². The highest BCUT2D eigenvalue weighted by Crippen LogP contribution is 1.98. The van der Waals surface area contributed by atoms with Gasteiger partial charge in [-0.1, -0.05) is 12.7 Å². The molecule has 80 valence electrons. The highest BCUT2D eigenvalue weighted by Gasteiger charge is 2.10. The Morgan fingerprint density at radius 1 is 1.80 bits per heavy atom. The fourth-order valence-corrected chi connectivity index (χ4v) is 0.730. The second-order valence-electron chi connectivity index (χ2n) is 2.46. The number of hydrogen-bond acceptors (Lipinski definition) is 6. The predicted molar refractivity (Wildman–Crippen MR) is 53.2 cm³/mol. The average molecular weight is 209 g/mol. The van der Waals surface area contributed by atoms with E-state index in [1.807, 2.05) is 0 Å². The molecule has 15 heavy (non-hydrogen) atoms. The quantitative estimate of drug-likeness (QED) is 0.320. The first-order chi connectivity index (χ1) is 7.24. The first-order valence-electron chi connectivity index (χ1n) is 4.11. The molecule has 0 unspecified atom stereocenters. The predicted octanol–water partition coefficient (Wildman–Crippen LogP) is 0.302. The van der Waals surface area contributed by atoms with E-state index in [0.29, 0.717) is 10.9 Å². The fourth-order valence-electron chi connectivity index (χ4n) is 0.730. The first kappa shape index (κ1) is 10.9. The Balaban J connectivity index is 2.45. The maximum Gasteiger partial charge on any atom is 0.444 e. The van der Waals surface area contributed by atoms with Gasteiger partial charge in [-0.3, -0.25) is 5.43 Å². The summed E-state index contributed by atoms with van der Waals surface area (Å²) in [4.78, 5) is 11.1. The van der Waals surface area contributed by atoms with Gasteiger partial charge in [0.05, 0.1) is 0 Å². The lowest BCUT2D eigenvalue weighted by atomic mass is 10.5. The molecule has 0 bridgehead atoms. The molecule has 7 nitrogen and oxygen atoms in total. The van der Waals surface area contributed by atoms with Gasteiger partial charge in [-0.2, -0.15) is 5.10 Å². The molecule has 0 fully saturated rings. The Kier molecular flexibility index (Phi) is 4.05. The summed E-state index contributed by atoms with van der Waals surface area (Å²) in [7, 11) is 0. The van der Waals surface area contributed by atoms with E-state index >= 15 is 0 Å². The molecule has 3 N–H and O–H groups in total. The number of ether oxygens (including phenoxy) is 1. The van der Waals surface area contributed by atoms with Crippen LogP contribution < -0.4 is 11.3 Å². The Morgan fingerprint density at radius 2 is 2.60 bits per heavy atom. The minimum absolute atomic E-state index is 0.0919. The summed E-state index contributed by atoms with van der Waals surface area (Å²) >= 11 is 0. The molecule has 0 aliphatic rings. The van der Waals surface area contributed by atoms with Gasteiger partial charge in [0.2, 0.25) is 0 Å². The van der Waals surface area contributed by atoms with Crippen LogP contribution >= 0.6 is 0 Å². The van der Waals surface area contributed by atoms with Crippen LogP contribution in [0, 0.1) is 0 Å². The zero-order valence-electron chi connectivity index (χ0n) is 7.96. The SMILES string of the molecule is C=CCOC(=O)N(N)Nc1cccnn1. The van der Waals surface area contributed by atoms with Gasteiger partial charge < -0.3 is 4.74 Å². The molecule has 0 saturated carbocycles. The number of hydrogen-bond donors (Lipinski definition) is 2. The molecule has 0 aromatic carbocycles. The lowest BCUT2D eigenvalue weighted by Crippen LogP contribution is -2.42. The van der Waals surface area contributed by atoms with Gasteiger partial charge in [0.25, 0.3) is 0 Å². The third-order valence-corrected chi connectivity index (χ3v) is 1.33. The van der Waals surface area contributed by atoms with Gasteiger partial charge in [0, 0.05) is 6.20 Å². The van der Waals surface area contributed by atoms with Crippen molar-refractivity contribution in [2.45, 2.75) is 0 Å². The van der Waals surface area contributed by atoms with Crippen LogP contribution in [0.5, 0.6) is 0 Å². The van der Waals surface area contributed by atoms with Crippen molar-refractivity contribution in [3.8, 4) is 0 Å². The second kappa shape index (κ2) is 5.55. The zero-order valence-corrected chi connectivity index (χ0v) is 7.96. The molecule has 1 aromatic rings. The number of carbonyl (C=O) groups is 1. The smallest absolute Gasteiger partial charge is 0.443 e. The van der Waals surface area contributed by atoms with Gasteiger partial charge in [-0.25, -0.2) is 10.6 Å². The number of amides is 1. The van der Waals surface area contributed by atoms with Crippen molar-refractivity contribution in [2.24, 2.45) is 5.84 Å². The zero-order chi connectivity index (χ0) is 11.1. The molecule has 0 spiro atoms. The third kappa shape index (κ3) is 3.61. The van der Waals surface area contributed by atoms with Crippen LogP contribution in [0.2, 0.25) is 0 Å². The van der Waals surface area contributed by atoms with Gasteiger partial charge in [-0.15, -0.1) is 10.2 Å². The molecule has 0 atom stereocenters. The first-order valence-corrected chi connectivity index (χ1v) is 4.11. The lowest BCUT2D eigenvalue weighted by Gasteiger charge is -2.16. The van der Waals surface area contributed by atoms with Crippen molar-refractivity contribution in [1.82, 2.24) is 15.3 Å². The van der Waals surface area contributed by atoms with Crippen molar-refractivity contribution >= 4 is 11.9 Å². The molecule has 0 aliphatic carbocycles. The topological polar surface area (TPSA) is 93.4 Å². The number of aromatic nitrogens is 2. The summed E-state index contributed by atoms with van der Waals surface area (Å²) in [5.41, 5.74) is 2.48.